The van der Waals surface area contributed by atoms with E-state index in [4.69, 9.17) is 18.9 Å². The minimum Gasteiger partial charge on any atom is -0.492 e. The van der Waals surface area contributed by atoms with Crippen molar-refractivity contribution in [2.45, 2.75) is 36.8 Å². The second-order valence-electron chi connectivity index (χ2n) is 6.86. The van der Waals surface area contributed by atoms with Gasteiger partial charge in [-0.1, -0.05) is 0 Å². The van der Waals surface area contributed by atoms with Gasteiger partial charge in [0.25, 0.3) is 0 Å². The van der Waals surface area contributed by atoms with Gasteiger partial charge < -0.3 is 23.8 Å². The van der Waals surface area contributed by atoms with E-state index in [1.807, 2.05) is 7.05 Å². The number of hydrogen-bond donors (Lipinski definition) is 1. The average molecular weight is 384 g/mol. The van der Waals surface area contributed by atoms with Crippen LogP contribution in [0.1, 0.15) is 24.0 Å². The summed E-state index contributed by atoms with van der Waals surface area (Å²) in [6.45, 7) is 2.30. The van der Waals surface area contributed by atoms with Crippen molar-refractivity contribution in [1.82, 2.24) is 9.62 Å². The number of sulfonamides is 1. The van der Waals surface area contributed by atoms with Crippen molar-refractivity contribution >= 4 is 10.0 Å². The number of nitrogens with zero attached hydrogens (tertiary/aromatic N) is 1. The lowest BCUT2D eigenvalue weighted by molar-refractivity contribution is 0.114. The third-order valence-electron chi connectivity index (χ3n) is 5.11. The molecule has 9 heteroatoms. The molecule has 1 fully saturated rings. The zero-order valence-corrected chi connectivity index (χ0v) is 15.9. The monoisotopic (exact) mass is 384 g/mol. The Hall–Kier alpha value is -1.55. The zero-order chi connectivity index (χ0) is 18.3. The van der Waals surface area contributed by atoms with Crippen molar-refractivity contribution in [3.05, 3.63) is 11.1 Å². The summed E-state index contributed by atoms with van der Waals surface area (Å²) in [6.07, 6.45) is 2.36. The van der Waals surface area contributed by atoms with Gasteiger partial charge in [-0.05, 0) is 31.9 Å². The Kier molecular flexibility index (Phi) is 4.72. The third kappa shape index (κ3) is 3.02. The first-order valence-corrected chi connectivity index (χ1v) is 10.3. The Labute approximate surface area is 153 Å². The molecule has 0 spiro atoms. The van der Waals surface area contributed by atoms with E-state index in [0.29, 0.717) is 31.1 Å². The van der Waals surface area contributed by atoms with Gasteiger partial charge in [0.05, 0.1) is 13.2 Å². The maximum absolute atomic E-state index is 13.1. The van der Waals surface area contributed by atoms with Gasteiger partial charge in [0, 0.05) is 31.8 Å². The number of ether oxygens (including phenoxy) is 4. The first-order chi connectivity index (χ1) is 12.5. The standard InChI is InChI=1S/C17H24N2O6S/c1-19-6-5-12-13(9-19)14(22-2)15-16(25-10-24-15)17(12)26(20,21)18-8-11-4-3-7-23-11/h11,18H,3-10H2,1-2H3. The summed E-state index contributed by atoms with van der Waals surface area (Å²) in [6, 6.07) is 0. The van der Waals surface area contributed by atoms with Gasteiger partial charge >= 0.3 is 0 Å². The van der Waals surface area contributed by atoms with Gasteiger partial charge in [-0.3, -0.25) is 0 Å². The molecule has 0 aliphatic carbocycles. The van der Waals surface area contributed by atoms with E-state index in [0.717, 1.165) is 30.5 Å². The highest BCUT2D eigenvalue weighted by Gasteiger charge is 2.38. The number of methoxy groups -OCH3 is 1. The topological polar surface area (TPSA) is 86.3 Å². The normalized spacial score (nSPS) is 22.5. The lowest BCUT2D eigenvalue weighted by Crippen LogP contribution is -2.34. The van der Waals surface area contributed by atoms with Crippen LogP contribution in [-0.2, 0) is 27.7 Å². The van der Waals surface area contributed by atoms with Gasteiger partial charge in [0.1, 0.15) is 4.90 Å². The van der Waals surface area contributed by atoms with Crippen LogP contribution >= 0.6 is 0 Å². The molecule has 3 aliphatic heterocycles. The Morgan fingerprint density at radius 2 is 2.08 bits per heavy atom. The van der Waals surface area contributed by atoms with Crippen molar-refractivity contribution < 1.29 is 27.4 Å². The first kappa shape index (κ1) is 17.8. The van der Waals surface area contributed by atoms with E-state index in [-0.39, 0.29) is 30.1 Å². The van der Waals surface area contributed by atoms with Crippen molar-refractivity contribution in [2.24, 2.45) is 0 Å². The summed E-state index contributed by atoms with van der Waals surface area (Å²) in [5.74, 6) is 1.20. The molecule has 0 amide bonds. The largest absolute Gasteiger partial charge is 0.492 e. The molecule has 26 heavy (non-hydrogen) atoms. The Balaban J connectivity index is 1.77. The van der Waals surface area contributed by atoms with Crippen molar-refractivity contribution in [3.8, 4) is 17.2 Å². The fourth-order valence-corrected chi connectivity index (χ4v) is 5.32. The molecule has 144 valence electrons. The molecule has 1 N–H and O–H groups in total. The molecule has 1 unspecified atom stereocenters. The van der Waals surface area contributed by atoms with Gasteiger partial charge in [0.2, 0.25) is 22.6 Å². The van der Waals surface area contributed by atoms with E-state index >= 15 is 0 Å². The molecule has 1 aromatic carbocycles. The lowest BCUT2D eigenvalue weighted by atomic mass is 9.97. The van der Waals surface area contributed by atoms with E-state index in [1.165, 1.54) is 0 Å². The highest BCUT2D eigenvalue weighted by atomic mass is 32.2. The van der Waals surface area contributed by atoms with Crippen molar-refractivity contribution in [2.75, 3.05) is 40.6 Å². The minimum absolute atomic E-state index is 0.0152. The first-order valence-electron chi connectivity index (χ1n) is 8.82. The Morgan fingerprint density at radius 3 is 2.81 bits per heavy atom. The Bertz CT molecular complexity index is 804. The van der Waals surface area contributed by atoms with Crippen molar-refractivity contribution in [3.63, 3.8) is 0 Å². The van der Waals surface area contributed by atoms with Crippen LogP contribution in [0.4, 0.5) is 0 Å². The van der Waals surface area contributed by atoms with Gasteiger partial charge in [-0.2, -0.15) is 0 Å². The molecular formula is C17H24N2O6S. The predicted molar refractivity (Wildman–Crippen MR) is 93.3 cm³/mol. The van der Waals surface area contributed by atoms with Crippen LogP contribution in [-0.4, -0.2) is 60.1 Å². The molecule has 1 aromatic rings. The predicted octanol–water partition coefficient (Wildman–Crippen LogP) is 0.869. The maximum Gasteiger partial charge on any atom is 0.244 e. The zero-order valence-electron chi connectivity index (χ0n) is 15.0. The van der Waals surface area contributed by atoms with Gasteiger partial charge in [-0.15, -0.1) is 0 Å². The molecule has 1 atom stereocenters. The van der Waals surface area contributed by atoms with Crippen LogP contribution in [0.25, 0.3) is 0 Å². The molecule has 1 saturated heterocycles. The molecule has 3 heterocycles. The summed E-state index contributed by atoms with van der Waals surface area (Å²) in [7, 11) is -0.204. The molecule has 8 nitrogen and oxygen atoms in total. The summed E-state index contributed by atoms with van der Waals surface area (Å²) >= 11 is 0. The minimum atomic E-state index is -3.77. The second-order valence-corrected chi connectivity index (χ2v) is 8.56. The van der Waals surface area contributed by atoms with Gasteiger partial charge in [-0.25, -0.2) is 13.1 Å². The summed E-state index contributed by atoms with van der Waals surface area (Å²) < 4.78 is 51.2. The smallest absolute Gasteiger partial charge is 0.244 e. The highest BCUT2D eigenvalue weighted by Crippen LogP contribution is 2.51. The van der Waals surface area contributed by atoms with Gasteiger partial charge in [0.15, 0.2) is 11.5 Å². The van der Waals surface area contributed by atoms with Crippen LogP contribution in [0.15, 0.2) is 4.90 Å². The highest BCUT2D eigenvalue weighted by molar-refractivity contribution is 7.89. The van der Waals surface area contributed by atoms with E-state index < -0.39 is 10.0 Å². The molecule has 0 saturated carbocycles. The van der Waals surface area contributed by atoms with E-state index in [2.05, 4.69) is 9.62 Å². The fourth-order valence-electron chi connectivity index (χ4n) is 3.83. The number of rotatable bonds is 5. The quantitative estimate of drug-likeness (QED) is 0.806. The molecule has 4 rings (SSSR count). The number of hydrogen-bond acceptors (Lipinski definition) is 7. The van der Waals surface area contributed by atoms with Crippen LogP contribution in [0.3, 0.4) is 0 Å². The maximum atomic E-state index is 13.1. The number of nitrogens with one attached hydrogen (secondary N) is 1. The SMILES string of the molecule is COc1c2c(c(S(=O)(=O)NCC3CCCO3)c3c1OCO3)CCN(C)C2. The number of benzene rings is 1. The Morgan fingerprint density at radius 1 is 1.27 bits per heavy atom. The summed E-state index contributed by atoms with van der Waals surface area (Å²) in [4.78, 5) is 2.32. The summed E-state index contributed by atoms with van der Waals surface area (Å²) in [5.41, 5.74) is 1.60. The average Bonchev–Trinajstić information content (AvgIpc) is 3.29. The van der Waals surface area contributed by atoms with Crippen LogP contribution in [0.5, 0.6) is 17.2 Å². The van der Waals surface area contributed by atoms with Crippen LogP contribution < -0.4 is 18.9 Å². The van der Waals surface area contributed by atoms with Crippen LogP contribution in [0, 0.1) is 0 Å². The molecule has 0 bridgehead atoms. The number of fused-ring (bicyclic) bond motifs is 2. The molecular weight excluding hydrogens is 360 g/mol. The molecule has 0 aromatic heterocycles. The van der Waals surface area contributed by atoms with Crippen molar-refractivity contribution in [1.29, 1.82) is 0 Å². The lowest BCUT2D eigenvalue weighted by Gasteiger charge is -2.29. The second kappa shape index (κ2) is 6.88. The number of likely N-dealkylation sites (N-methyl/N-ethyl adjacent to an activating group) is 1. The third-order valence-corrected chi connectivity index (χ3v) is 6.62. The fraction of sp³-hybridized carbons (Fsp3) is 0.647. The van der Waals surface area contributed by atoms with Crippen LogP contribution in [0.2, 0.25) is 0 Å². The molecule has 0 radical (unpaired) electrons. The summed E-state index contributed by atoms with van der Waals surface area (Å²) in [5, 5.41) is 0. The molecule has 3 aliphatic rings. The van der Waals surface area contributed by atoms with E-state index in [1.54, 1.807) is 7.11 Å². The van der Waals surface area contributed by atoms with E-state index in [9.17, 15) is 8.42 Å².